The van der Waals surface area contributed by atoms with Crippen molar-refractivity contribution in [1.82, 2.24) is 0 Å². The zero-order chi connectivity index (χ0) is 10.5. The molecule has 1 unspecified atom stereocenters. The Hall–Kier alpha value is -0.670. The summed E-state index contributed by atoms with van der Waals surface area (Å²) < 4.78 is 5.58. The van der Waals surface area contributed by atoms with Crippen molar-refractivity contribution in [2.75, 3.05) is 18.1 Å². The second kappa shape index (κ2) is 5.42. The second-order valence-electron chi connectivity index (χ2n) is 3.84. The Morgan fingerprint density at radius 1 is 1.33 bits per heavy atom. The zero-order valence-electron chi connectivity index (χ0n) is 8.82. The van der Waals surface area contributed by atoms with Gasteiger partial charge in [0.1, 0.15) is 0 Å². The maximum absolute atomic E-state index is 5.63. The fourth-order valence-corrected chi connectivity index (χ4v) is 2.69. The highest BCUT2D eigenvalue weighted by Crippen LogP contribution is 2.23. The van der Waals surface area contributed by atoms with Gasteiger partial charge in [0, 0.05) is 22.9 Å². The summed E-state index contributed by atoms with van der Waals surface area (Å²) in [5.41, 5.74) is 6.46. The summed E-state index contributed by atoms with van der Waals surface area (Å²) in [6.45, 7) is 0.956. The second-order valence-corrected chi connectivity index (χ2v) is 5.01. The van der Waals surface area contributed by atoms with Gasteiger partial charge >= 0.3 is 0 Å². The molecular formula is C12H17NOS. The molecule has 0 aliphatic carbocycles. The zero-order valence-corrected chi connectivity index (χ0v) is 9.63. The minimum Gasteiger partial charge on any atom is -0.399 e. The van der Waals surface area contributed by atoms with Crippen molar-refractivity contribution >= 4 is 17.4 Å². The Balaban J connectivity index is 1.71. The van der Waals surface area contributed by atoms with E-state index in [-0.39, 0.29) is 0 Å². The van der Waals surface area contributed by atoms with Crippen molar-refractivity contribution in [2.45, 2.75) is 30.3 Å². The molecule has 2 rings (SSSR count). The number of hydrogen-bond acceptors (Lipinski definition) is 3. The van der Waals surface area contributed by atoms with E-state index in [0.29, 0.717) is 6.10 Å². The van der Waals surface area contributed by atoms with Gasteiger partial charge in [0.15, 0.2) is 0 Å². The summed E-state index contributed by atoms with van der Waals surface area (Å²) in [6.07, 6.45) is 4.14. The van der Waals surface area contributed by atoms with E-state index in [4.69, 9.17) is 10.5 Å². The molecule has 3 heteroatoms. The van der Waals surface area contributed by atoms with E-state index >= 15 is 0 Å². The van der Waals surface area contributed by atoms with E-state index in [1.54, 1.807) is 0 Å². The number of anilines is 1. The van der Waals surface area contributed by atoms with Crippen LogP contribution < -0.4 is 5.73 Å². The average molecular weight is 223 g/mol. The predicted molar refractivity (Wildman–Crippen MR) is 65.2 cm³/mol. The molecule has 1 aromatic carbocycles. The maximum Gasteiger partial charge on any atom is 0.0584 e. The van der Waals surface area contributed by atoms with Crippen LogP contribution in [-0.2, 0) is 4.74 Å². The van der Waals surface area contributed by atoms with Gasteiger partial charge in [-0.25, -0.2) is 0 Å². The van der Waals surface area contributed by atoms with Gasteiger partial charge in [0.25, 0.3) is 0 Å². The van der Waals surface area contributed by atoms with Gasteiger partial charge in [-0.05, 0) is 43.5 Å². The Kier molecular flexibility index (Phi) is 3.92. The highest BCUT2D eigenvalue weighted by molar-refractivity contribution is 7.99. The molecule has 2 N–H and O–H groups in total. The van der Waals surface area contributed by atoms with Crippen molar-refractivity contribution < 1.29 is 4.74 Å². The third-order valence-corrected chi connectivity index (χ3v) is 3.66. The van der Waals surface area contributed by atoms with Gasteiger partial charge in [0.05, 0.1) is 6.10 Å². The monoisotopic (exact) mass is 223 g/mol. The molecule has 2 nitrogen and oxygen atoms in total. The van der Waals surface area contributed by atoms with Crippen LogP contribution in [-0.4, -0.2) is 18.5 Å². The summed E-state index contributed by atoms with van der Waals surface area (Å²) in [5.74, 6) is 1.13. The molecule has 0 radical (unpaired) electrons. The quantitative estimate of drug-likeness (QED) is 0.629. The number of benzene rings is 1. The largest absolute Gasteiger partial charge is 0.399 e. The van der Waals surface area contributed by atoms with Crippen LogP contribution in [0.15, 0.2) is 29.2 Å². The van der Waals surface area contributed by atoms with Gasteiger partial charge in [-0.2, -0.15) is 0 Å². The molecule has 1 heterocycles. The minimum atomic E-state index is 0.506. The number of ether oxygens (including phenoxy) is 1. The van der Waals surface area contributed by atoms with E-state index in [9.17, 15) is 0 Å². The van der Waals surface area contributed by atoms with Crippen LogP contribution in [0, 0.1) is 0 Å². The lowest BCUT2D eigenvalue weighted by molar-refractivity contribution is 0.109. The predicted octanol–water partition coefficient (Wildman–Crippen LogP) is 2.93. The van der Waals surface area contributed by atoms with Gasteiger partial charge in [-0.3, -0.25) is 0 Å². The first-order valence-corrected chi connectivity index (χ1v) is 6.43. The molecule has 1 atom stereocenters. The van der Waals surface area contributed by atoms with Crippen LogP contribution in [0.25, 0.3) is 0 Å². The first-order valence-electron chi connectivity index (χ1n) is 5.44. The smallest absolute Gasteiger partial charge is 0.0584 e. The number of rotatable bonds is 4. The normalized spacial score (nSPS) is 20.7. The van der Waals surface area contributed by atoms with E-state index in [1.165, 1.54) is 17.7 Å². The Morgan fingerprint density at radius 3 is 2.80 bits per heavy atom. The molecule has 0 spiro atoms. The molecule has 0 bridgehead atoms. The summed E-state index contributed by atoms with van der Waals surface area (Å²) in [5, 5.41) is 0. The lowest BCUT2D eigenvalue weighted by Gasteiger charge is -2.08. The van der Waals surface area contributed by atoms with Crippen LogP contribution in [0.3, 0.4) is 0 Å². The standard InChI is InChI=1S/C12H17NOS/c13-10-3-5-12(6-4-10)15-9-7-11-2-1-8-14-11/h3-6,11H,1-2,7-9,13H2. The van der Waals surface area contributed by atoms with E-state index < -0.39 is 0 Å². The lowest BCUT2D eigenvalue weighted by atomic mass is 10.2. The van der Waals surface area contributed by atoms with E-state index in [2.05, 4.69) is 12.1 Å². The van der Waals surface area contributed by atoms with Crippen LogP contribution >= 0.6 is 11.8 Å². The van der Waals surface area contributed by atoms with Crippen LogP contribution in [0.2, 0.25) is 0 Å². The van der Waals surface area contributed by atoms with Gasteiger partial charge in [0.2, 0.25) is 0 Å². The number of nitrogen functional groups attached to an aromatic ring is 1. The molecular weight excluding hydrogens is 206 g/mol. The Morgan fingerprint density at radius 2 is 2.13 bits per heavy atom. The number of thioether (sulfide) groups is 1. The van der Waals surface area contributed by atoms with Crippen LogP contribution in [0.4, 0.5) is 5.69 Å². The summed E-state index contributed by atoms with van der Waals surface area (Å²) >= 11 is 1.88. The highest BCUT2D eigenvalue weighted by Gasteiger charge is 2.14. The molecule has 0 aromatic heterocycles. The van der Waals surface area contributed by atoms with Crippen molar-refractivity contribution in [1.29, 1.82) is 0 Å². The Labute approximate surface area is 95.2 Å². The van der Waals surface area contributed by atoms with Gasteiger partial charge in [-0.15, -0.1) is 11.8 Å². The first kappa shape index (κ1) is 10.8. The van der Waals surface area contributed by atoms with E-state index in [0.717, 1.165) is 24.5 Å². The topological polar surface area (TPSA) is 35.2 Å². The SMILES string of the molecule is Nc1ccc(SCCC2CCCO2)cc1. The summed E-state index contributed by atoms with van der Waals surface area (Å²) in [4.78, 5) is 1.29. The molecule has 1 aliphatic heterocycles. The lowest BCUT2D eigenvalue weighted by Crippen LogP contribution is -2.05. The van der Waals surface area contributed by atoms with Crippen molar-refractivity contribution in [3.63, 3.8) is 0 Å². The van der Waals surface area contributed by atoms with Crippen molar-refractivity contribution in [3.8, 4) is 0 Å². The molecule has 1 saturated heterocycles. The molecule has 0 amide bonds. The molecule has 82 valence electrons. The third-order valence-electron chi connectivity index (χ3n) is 2.61. The molecule has 15 heavy (non-hydrogen) atoms. The molecule has 1 aliphatic rings. The summed E-state index contributed by atoms with van der Waals surface area (Å²) in [6, 6.07) is 8.06. The summed E-state index contributed by atoms with van der Waals surface area (Å²) in [7, 11) is 0. The number of hydrogen-bond donors (Lipinski definition) is 1. The highest BCUT2D eigenvalue weighted by atomic mass is 32.2. The van der Waals surface area contributed by atoms with Crippen LogP contribution in [0.5, 0.6) is 0 Å². The average Bonchev–Trinajstić information content (AvgIpc) is 2.74. The van der Waals surface area contributed by atoms with E-state index in [1.807, 2.05) is 23.9 Å². The van der Waals surface area contributed by atoms with Crippen molar-refractivity contribution in [2.24, 2.45) is 0 Å². The minimum absolute atomic E-state index is 0.506. The van der Waals surface area contributed by atoms with Gasteiger partial charge < -0.3 is 10.5 Å². The number of nitrogens with two attached hydrogens (primary N) is 1. The molecule has 1 aromatic rings. The fourth-order valence-electron chi connectivity index (χ4n) is 1.74. The molecule has 0 saturated carbocycles. The van der Waals surface area contributed by atoms with Crippen molar-refractivity contribution in [3.05, 3.63) is 24.3 Å². The third kappa shape index (κ3) is 3.43. The van der Waals surface area contributed by atoms with Crippen LogP contribution in [0.1, 0.15) is 19.3 Å². The molecule has 1 fully saturated rings. The maximum atomic E-state index is 5.63. The fraction of sp³-hybridized carbons (Fsp3) is 0.500. The van der Waals surface area contributed by atoms with Gasteiger partial charge in [-0.1, -0.05) is 0 Å². The Bertz CT molecular complexity index is 293. The first-order chi connectivity index (χ1) is 7.34.